The summed E-state index contributed by atoms with van der Waals surface area (Å²) in [6.07, 6.45) is 0.846. The van der Waals surface area contributed by atoms with Crippen molar-refractivity contribution in [2.45, 2.75) is 12.8 Å². The molecule has 4 N–H and O–H groups in total. The van der Waals surface area contributed by atoms with Gasteiger partial charge >= 0.3 is 5.69 Å². The fraction of sp³-hybridized carbons (Fsp3) is 0.188. The highest BCUT2D eigenvalue weighted by Gasteiger charge is 2.07. The van der Waals surface area contributed by atoms with Crippen LogP contribution in [-0.4, -0.2) is 28.3 Å². The van der Waals surface area contributed by atoms with Crippen LogP contribution in [-0.2, 0) is 4.79 Å². The molecular weight excluding hydrogens is 328 g/mol. The second-order valence-electron chi connectivity index (χ2n) is 5.22. The van der Waals surface area contributed by atoms with E-state index in [1.54, 1.807) is 24.3 Å². The summed E-state index contributed by atoms with van der Waals surface area (Å²) in [5.41, 5.74) is 1.66. The molecule has 24 heavy (non-hydrogen) atoms. The van der Waals surface area contributed by atoms with Crippen LogP contribution in [0.1, 0.15) is 22.5 Å². The summed E-state index contributed by atoms with van der Waals surface area (Å²) in [4.78, 5) is 40.8. The molecule has 1 aromatic carbocycles. The molecule has 2 heterocycles. The topological polar surface area (TPSA) is 107 Å². The number of aromatic amines is 2. The van der Waals surface area contributed by atoms with Crippen LogP contribution in [0.25, 0.3) is 11.0 Å². The zero-order chi connectivity index (χ0) is 16.9. The maximum absolute atomic E-state index is 11.9. The minimum atomic E-state index is -0.282. The summed E-state index contributed by atoms with van der Waals surface area (Å²) in [5, 5.41) is 7.40. The second kappa shape index (κ2) is 7.14. The summed E-state index contributed by atoms with van der Waals surface area (Å²) >= 11 is 1.38. The molecule has 3 aromatic rings. The van der Waals surface area contributed by atoms with Crippen molar-refractivity contribution in [2.24, 2.45) is 0 Å². The van der Waals surface area contributed by atoms with E-state index in [0.717, 1.165) is 0 Å². The van der Waals surface area contributed by atoms with Gasteiger partial charge in [-0.05, 0) is 36.1 Å². The van der Waals surface area contributed by atoms with Crippen molar-refractivity contribution in [2.75, 3.05) is 11.9 Å². The van der Waals surface area contributed by atoms with Crippen molar-refractivity contribution in [3.05, 3.63) is 51.1 Å². The van der Waals surface area contributed by atoms with E-state index in [-0.39, 0.29) is 17.5 Å². The highest BCUT2D eigenvalue weighted by Crippen LogP contribution is 2.14. The van der Waals surface area contributed by atoms with Gasteiger partial charge in [-0.1, -0.05) is 6.07 Å². The SMILES string of the molecule is O=C(CCCNC(=O)c1cccs1)Nc1ccc2[nH]c(=O)[nH]c2c1. The Morgan fingerprint density at radius 3 is 2.75 bits per heavy atom. The molecule has 0 fully saturated rings. The summed E-state index contributed by atoms with van der Waals surface area (Å²) in [5.74, 6) is -0.259. The van der Waals surface area contributed by atoms with Crippen LogP contribution >= 0.6 is 11.3 Å². The number of hydrogen-bond donors (Lipinski definition) is 4. The minimum absolute atomic E-state index is 0.118. The van der Waals surface area contributed by atoms with Crippen LogP contribution < -0.4 is 16.3 Å². The van der Waals surface area contributed by atoms with Crippen LogP contribution in [0.3, 0.4) is 0 Å². The first-order valence-electron chi connectivity index (χ1n) is 7.45. The first-order valence-corrected chi connectivity index (χ1v) is 8.33. The van der Waals surface area contributed by atoms with Gasteiger partial charge in [0.05, 0.1) is 15.9 Å². The fourth-order valence-corrected chi connectivity index (χ4v) is 2.92. The van der Waals surface area contributed by atoms with Crippen LogP contribution in [0.5, 0.6) is 0 Å². The Morgan fingerprint density at radius 1 is 1.12 bits per heavy atom. The Labute approximate surface area is 141 Å². The maximum atomic E-state index is 11.9. The number of hydrogen-bond acceptors (Lipinski definition) is 4. The first-order chi connectivity index (χ1) is 11.6. The van der Waals surface area contributed by atoms with E-state index in [1.807, 2.05) is 11.4 Å². The number of carbonyl (C=O) groups is 2. The van der Waals surface area contributed by atoms with Crippen molar-refractivity contribution >= 4 is 39.9 Å². The lowest BCUT2D eigenvalue weighted by atomic mass is 10.2. The molecule has 2 aromatic heterocycles. The van der Waals surface area contributed by atoms with E-state index in [9.17, 15) is 14.4 Å². The van der Waals surface area contributed by atoms with Gasteiger partial charge < -0.3 is 20.6 Å². The molecule has 0 spiro atoms. The zero-order valence-corrected chi connectivity index (χ0v) is 13.5. The number of carbonyl (C=O) groups excluding carboxylic acids is 2. The van der Waals surface area contributed by atoms with Crippen molar-refractivity contribution in [1.29, 1.82) is 0 Å². The van der Waals surface area contributed by atoms with E-state index < -0.39 is 0 Å². The van der Waals surface area contributed by atoms with E-state index >= 15 is 0 Å². The van der Waals surface area contributed by atoms with E-state index in [4.69, 9.17) is 0 Å². The van der Waals surface area contributed by atoms with E-state index in [0.29, 0.717) is 41.0 Å². The van der Waals surface area contributed by atoms with Crippen molar-refractivity contribution < 1.29 is 9.59 Å². The highest BCUT2D eigenvalue weighted by atomic mass is 32.1. The van der Waals surface area contributed by atoms with Crippen molar-refractivity contribution in [1.82, 2.24) is 15.3 Å². The Kier molecular flexibility index (Phi) is 4.76. The zero-order valence-electron chi connectivity index (χ0n) is 12.7. The number of rotatable bonds is 6. The van der Waals surface area contributed by atoms with Crippen LogP contribution in [0.2, 0.25) is 0 Å². The molecule has 8 heteroatoms. The third kappa shape index (κ3) is 3.90. The standard InChI is InChI=1S/C16H16N4O3S/c21-14(4-1-7-17-15(22)13-3-2-8-24-13)18-10-5-6-11-12(9-10)20-16(23)19-11/h2-3,5-6,8-9H,1,4,7H2,(H,17,22)(H,18,21)(H2,19,20,23). The predicted octanol–water partition coefficient (Wildman–Crippen LogP) is 2.07. The lowest BCUT2D eigenvalue weighted by Gasteiger charge is -2.06. The van der Waals surface area contributed by atoms with Gasteiger partial charge in [0.1, 0.15) is 0 Å². The summed E-state index contributed by atoms with van der Waals surface area (Å²) in [6.45, 7) is 0.439. The fourth-order valence-electron chi connectivity index (χ4n) is 2.28. The molecule has 7 nitrogen and oxygen atoms in total. The number of imidazole rings is 1. The molecule has 0 atom stereocenters. The minimum Gasteiger partial charge on any atom is -0.351 e. The van der Waals surface area contributed by atoms with Gasteiger partial charge in [-0.3, -0.25) is 9.59 Å². The molecule has 0 unspecified atom stereocenters. The number of benzene rings is 1. The summed E-state index contributed by atoms with van der Waals surface area (Å²) in [6, 6.07) is 8.73. The number of nitrogens with one attached hydrogen (secondary N) is 4. The largest absolute Gasteiger partial charge is 0.351 e. The number of amides is 2. The molecule has 3 rings (SSSR count). The molecule has 0 aliphatic rings. The van der Waals surface area contributed by atoms with Crippen molar-refractivity contribution in [3.63, 3.8) is 0 Å². The number of thiophene rings is 1. The molecule has 0 saturated carbocycles. The lowest BCUT2D eigenvalue weighted by Crippen LogP contribution is -2.24. The Bertz CT molecular complexity index is 911. The first kappa shape index (κ1) is 16.0. The van der Waals surface area contributed by atoms with E-state index in [1.165, 1.54) is 11.3 Å². The number of fused-ring (bicyclic) bond motifs is 1. The average Bonchev–Trinajstić information content (AvgIpc) is 3.19. The quantitative estimate of drug-likeness (QED) is 0.514. The van der Waals surface area contributed by atoms with Crippen LogP contribution in [0.15, 0.2) is 40.5 Å². The highest BCUT2D eigenvalue weighted by molar-refractivity contribution is 7.12. The average molecular weight is 344 g/mol. The van der Waals surface area contributed by atoms with Gasteiger partial charge in [0.15, 0.2) is 0 Å². The van der Waals surface area contributed by atoms with Gasteiger partial charge in [0.2, 0.25) is 5.91 Å². The Balaban J connectivity index is 1.45. The number of anilines is 1. The molecule has 2 amide bonds. The smallest absolute Gasteiger partial charge is 0.323 e. The third-order valence-corrected chi connectivity index (χ3v) is 4.28. The number of aromatic nitrogens is 2. The second-order valence-corrected chi connectivity index (χ2v) is 6.17. The lowest BCUT2D eigenvalue weighted by molar-refractivity contribution is -0.116. The number of H-pyrrole nitrogens is 2. The molecule has 0 radical (unpaired) electrons. The predicted molar refractivity (Wildman–Crippen MR) is 93.4 cm³/mol. The Hall–Kier alpha value is -2.87. The summed E-state index contributed by atoms with van der Waals surface area (Å²) in [7, 11) is 0. The van der Waals surface area contributed by atoms with Crippen molar-refractivity contribution in [3.8, 4) is 0 Å². The van der Waals surface area contributed by atoms with Crippen LogP contribution in [0.4, 0.5) is 5.69 Å². The third-order valence-electron chi connectivity index (χ3n) is 3.41. The molecule has 0 bridgehead atoms. The Morgan fingerprint density at radius 2 is 1.96 bits per heavy atom. The molecule has 0 aliphatic carbocycles. The molecule has 0 saturated heterocycles. The normalized spacial score (nSPS) is 10.7. The molecular formula is C16H16N4O3S. The van der Waals surface area contributed by atoms with E-state index in [2.05, 4.69) is 20.6 Å². The van der Waals surface area contributed by atoms with Gasteiger partial charge in [0, 0.05) is 18.7 Å². The van der Waals surface area contributed by atoms with Crippen LogP contribution in [0, 0.1) is 0 Å². The molecule has 124 valence electrons. The summed E-state index contributed by atoms with van der Waals surface area (Å²) < 4.78 is 0. The van der Waals surface area contributed by atoms with Gasteiger partial charge in [-0.2, -0.15) is 0 Å². The monoisotopic (exact) mass is 344 g/mol. The maximum Gasteiger partial charge on any atom is 0.323 e. The van der Waals surface area contributed by atoms with Gasteiger partial charge in [0.25, 0.3) is 5.91 Å². The van der Waals surface area contributed by atoms with Gasteiger partial charge in [-0.15, -0.1) is 11.3 Å². The van der Waals surface area contributed by atoms with Gasteiger partial charge in [-0.25, -0.2) is 4.79 Å². The molecule has 0 aliphatic heterocycles.